The summed E-state index contributed by atoms with van der Waals surface area (Å²) in [6.07, 6.45) is 3.18. The number of oxazole rings is 1. The molecule has 0 saturated carbocycles. The molecule has 0 amide bonds. The van der Waals surface area contributed by atoms with Crippen molar-refractivity contribution in [3.63, 3.8) is 0 Å². The molecule has 0 atom stereocenters. The summed E-state index contributed by atoms with van der Waals surface area (Å²) in [5.41, 5.74) is 8.09. The molecular weight excluding hydrogens is 540 g/mol. The standard InChI is InChI=1S/C23H17N4O.Ir/c1-15-10-19(17-6-4-3-5-7-17)11-16(2)22(15)27-13-25-26-23(27)18-8-9-21-20(12-18)24-14-28-21;/h3-7,9-14H,1-2H3;/q-1;. The van der Waals surface area contributed by atoms with Crippen molar-refractivity contribution in [3.05, 3.63) is 84.5 Å². The van der Waals surface area contributed by atoms with Crippen molar-refractivity contribution < 1.29 is 24.5 Å². The second kappa shape index (κ2) is 7.74. The van der Waals surface area contributed by atoms with E-state index in [-0.39, 0.29) is 20.1 Å². The Kier molecular flexibility index (Phi) is 5.14. The molecule has 0 bridgehead atoms. The first-order valence-corrected chi connectivity index (χ1v) is 9.03. The monoisotopic (exact) mass is 558 g/mol. The molecule has 0 aliphatic rings. The Morgan fingerprint density at radius 2 is 1.72 bits per heavy atom. The fraction of sp³-hybridized carbons (Fsp3) is 0.0870. The van der Waals surface area contributed by atoms with E-state index in [0.29, 0.717) is 5.58 Å². The van der Waals surface area contributed by atoms with Gasteiger partial charge in [0.25, 0.3) is 0 Å². The van der Waals surface area contributed by atoms with E-state index in [9.17, 15) is 0 Å². The molecular formula is C23H17IrN4O-. The summed E-state index contributed by atoms with van der Waals surface area (Å²) in [6.45, 7) is 4.23. The molecule has 5 rings (SSSR count). The largest absolute Gasteiger partial charge is 0.490 e. The summed E-state index contributed by atoms with van der Waals surface area (Å²) in [5, 5.41) is 8.49. The van der Waals surface area contributed by atoms with Gasteiger partial charge in [0.2, 0.25) is 0 Å². The van der Waals surface area contributed by atoms with E-state index in [1.165, 1.54) is 17.5 Å². The fourth-order valence-electron chi connectivity index (χ4n) is 3.65. The van der Waals surface area contributed by atoms with Crippen molar-refractivity contribution in [3.8, 4) is 28.2 Å². The van der Waals surface area contributed by atoms with E-state index in [1.54, 1.807) is 12.4 Å². The Hall–Kier alpha value is -3.08. The maximum Gasteiger partial charge on any atom is 0.169 e. The molecule has 145 valence electrons. The number of aryl methyl sites for hydroxylation is 2. The smallest absolute Gasteiger partial charge is 0.169 e. The molecule has 3 aromatic carbocycles. The number of hydrogen-bond donors (Lipinski definition) is 0. The summed E-state index contributed by atoms with van der Waals surface area (Å²) in [5.74, 6) is 0.726. The Labute approximate surface area is 181 Å². The number of nitrogens with zero attached hydrogens (tertiary/aromatic N) is 4. The third-order valence-corrected chi connectivity index (χ3v) is 4.89. The van der Waals surface area contributed by atoms with Gasteiger partial charge in [-0.15, -0.1) is 28.9 Å². The van der Waals surface area contributed by atoms with Crippen LogP contribution in [0, 0.1) is 19.9 Å². The quantitative estimate of drug-likeness (QED) is 0.288. The second-order valence-electron chi connectivity index (χ2n) is 6.80. The Morgan fingerprint density at radius 1 is 0.966 bits per heavy atom. The van der Waals surface area contributed by atoms with Crippen LogP contribution in [0.1, 0.15) is 11.1 Å². The van der Waals surface area contributed by atoms with Crippen LogP contribution in [0.5, 0.6) is 0 Å². The van der Waals surface area contributed by atoms with Gasteiger partial charge < -0.3 is 8.98 Å². The molecule has 5 aromatic rings. The van der Waals surface area contributed by atoms with E-state index >= 15 is 0 Å². The van der Waals surface area contributed by atoms with Crippen molar-refractivity contribution in [2.45, 2.75) is 13.8 Å². The summed E-state index contributed by atoms with van der Waals surface area (Å²) >= 11 is 0. The molecule has 0 fully saturated rings. The molecule has 29 heavy (non-hydrogen) atoms. The molecule has 0 aliphatic carbocycles. The van der Waals surface area contributed by atoms with Crippen LogP contribution < -0.4 is 0 Å². The number of rotatable bonds is 3. The first-order chi connectivity index (χ1) is 13.7. The molecule has 0 saturated heterocycles. The molecule has 0 aliphatic heterocycles. The van der Waals surface area contributed by atoms with Gasteiger partial charge in [0.05, 0.1) is 11.4 Å². The van der Waals surface area contributed by atoms with Gasteiger partial charge in [0, 0.05) is 31.3 Å². The minimum atomic E-state index is 0. The van der Waals surface area contributed by atoms with Crippen molar-refractivity contribution in [2.75, 3.05) is 0 Å². The zero-order chi connectivity index (χ0) is 19.1. The van der Waals surface area contributed by atoms with Gasteiger partial charge in [-0.2, -0.15) is 5.10 Å². The van der Waals surface area contributed by atoms with Crippen LogP contribution in [-0.4, -0.2) is 19.7 Å². The van der Waals surface area contributed by atoms with Gasteiger partial charge in [-0.1, -0.05) is 30.3 Å². The van der Waals surface area contributed by atoms with Crippen LogP contribution in [0.3, 0.4) is 0 Å². The first kappa shape index (κ1) is 19.2. The summed E-state index contributed by atoms with van der Waals surface area (Å²) in [6, 6.07) is 21.7. The number of aromatic nitrogens is 4. The summed E-state index contributed by atoms with van der Waals surface area (Å²) in [7, 11) is 0. The van der Waals surface area contributed by atoms with E-state index in [1.807, 2.05) is 16.7 Å². The van der Waals surface area contributed by atoms with Gasteiger partial charge in [-0.25, -0.2) is 4.98 Å². The van der Waals surface area contributed by atoms with Crippen molar-refractivity contribution in [1.82, 2.24) is 19.7 Å². The van der Waals surface area contributed by atoms with Gasteiger partial charge in [0.1, 0.15) is 6.33 Å². The van der Waals surface area contributed by atoms with E-state index < -0.39 is 0 Å². The maximum absolute atomic E-state index is 5.31. The van der Waals surface area contributed by atoms with Gasteiger partial charge in [0.15, 0.2) is 6.39 Å². The van der Waals surface area contributed by atoms with E-state index in [2.05, 4.69) is 71.5 Å². The van der Waals surface area contributed by atoms with Gasteiger partial charge in [-0.3, -0.25) is 0 Å². The molecule has 2 aromatic heterocycles. The molecule has 2 heterocycles. The van der Waals surface area contributed by atoms with E-state index in [4.69, 9.17) is 4.42 Å². The van der Waals surface area contributed by atoms with Crippen LogP contribution >= 0.6 is 0 Å². The zero-order valence-electron chi connectivity index (χ0n) is 15.9. The second-order valence-corrected chi connectivity index (χ2v) is 6.80. The van der Waals surface area contributed by atoms with Gasteiger partial charge >= 0.3 is 0 Å². The predicted molar refractivity (Wildman–Crippen MR) is 108 cm³/mol. The van der Waals surface area contributed by atoms with Crippen LogP contribution in [0.25, 0.3) is 39.3 Å². The van der Waals surface area contributed by atoms with E-state index in [0.717, 1.165) is 33.7 Å². The molecule has 0 unspecified atom stereocenters. The minimum absolute atomic E-state index is 0. The van der Waals surface area contributed by atoms with Crippen molar-refractivity contribution in [1.29, 1.82) is 0 Å². The fourth-order valence-corrected chi connectivity index (χ4v) is 3.65. The number of hydrogen-bond acceptors (Lipinski definition) is 4. The Bertz CT molecular complexity index is 1270. The SMILES string of the molecule is Cc1cc(-c2ccccc2)cc(C)c1-n1cnnc1-c1[c-]cc2ocnc2c1.[Ir]. The van der Waals surface area contributed by atoms with Crippen LogP contribution in [0.4, 0.5) is 0 Å². The predicted octanol–water partition coefficient (Wildman–Crippen LogP) is 5.16. The molecule has 0 N–H and O–H groups in total. The first-order valence-electron chi connectivity index (χ1n) is 9.03. The molecule has 0 spiro atoms. The Morgan fingerprint density at radius 3 is 2.48 bits per heavy atom. The average molecular weight is 558 g/mol. The number of fused-ring (bicyclic) bond motifs is 1. The average Bonchev–Trinajstić information content (AvgIpc) is 3.37. The zero-order valence-corrected chi connectivity index (χ0v) is 18.3. The molecule has 5 nitrogen and oxygen atoms in total. The third kappa shape index (κ3) is 3.41. The molecule has 6 heteroatoms. The third-order valence-electron chi connectivity index (χ3n) is 4.89. The number of benzene rings is 3. The summed E-state index contributed by atoms with van der Waals surface area (Å²) < 4.78 is 7.32. The van der Waals surface area contributed by atoms with Crippen LogP contribution in [0.2, 0.25) is 0 Å². The normalized spacial score (nSPS) is 10.8. The van der Waals surface area contributed by atoms with Crippen molar-refractivity contribution in [2.24, 2.45) is 0 Å². The summed E-state index contributed by atoms with van der Waals surface area (Å²) in [4.78, 5) is 4.23. The minimum Gasteiger partial charge on any atom is -0.490 e. The van der Waals surface area contributed by atoms with Crippen molar-refractivity contribution >= 4 is 11.1 Å². The maximum atomic E-state index is 5.31. The van der Waals surface area contributed by atoms with Gasteiger partial charge in [-0.05, 0) is 48.2 Å². The van der Waals surface area contributed by atoms with Crippen LogP contribution in [-0.2, 0) is 20.1 Å². The Balaban J connectivity index is 0.00000205. The van der Waals surface area contributed by atoms with Crippen LogP contribution in [0.15, 0.2) is 71.7 Å². The molecule has 1 radical (unpaired) electrons. The topological polar surface area (TPSA) is 56.7 Å².